The molecule has 0 atom stereocenters. The Kier molecular flexibility index (Phi) is 4.22. The SMILES string of the molecule is O=C=Nc1ccc(COCC(F)(F)F)cc1. The van der Waals surface area contributed by atoms with Crippen molar-refractivity contribution >= 4 is 11.8 Å². The first-order valence-corrected chi connectivity index (χ1v) is 4.32. The average molecular weight is 231 g/mol. The summed E-state index contributed by atoms with van der Waals surface area (Å²) in [5, 5.41) is 0. The Morgan fingerprint density at radius 1 is 1.25 bits per heavy atom. The van der Waals surface area contributed by atoms with Gasteiger partial charge in [-0.25, -0.2) is 4.79 Å². The molecule has 0 radical (unpaired) electrons. The zero-order valence-corrected chi connectivity index (χ0v) is 8.12. The Morgan fingerprint density at radius 3 is 2.38 bits per heavy atom. The van der Waals surface area contributed by atoms with Crippen molar-refractivity contribution < 1.29 is 22.7 Å². The first-order chi connectivity index (χ1) is 7.51. The molecule has 0 aliphatic heterocycles. The van der Waals surface area contributed by atoms with Gasteiger partial charge in [-0.2, -0.15) is 18.2 Å². The summed E-state index contributed by atoms with van der Waals surface area (Å²) in [6, 6.07) is 6.06. The van der Waals surface area contributed by atoms with Crippen LogP contribution in [0.15, 0.2) is 29.3 Å². The van der Waals surface area contributed by atoms with E-state index in [1.165, 1.54) is 30.3 Å². The minimum Gasteiger partial charge on any atom is -0.367 e. The first kappa shape index (κ1) is 12.4. The van der Waals surface area contributed by atoms with Crippen LogP contribution in [0.4, 0.5) is 18.9 Å². The van der Waals surface area contributed by atoms with Gasteiger partial charge in [0.1, 0.15) is 6.61 Å². The molecule has 6 heteroatoms. The van der Waals surface area contributed by atoms with Crippen LogP contribution in [0.1, 0.15) is 5.56 Å². The molecule has 1 aromatic rings. The second-order valence-corrected chi connectivity index (χ2v) is 2.98. The number of ether oxygens (including phenoxy) is 1. The lowest BCUT2D eigenvalue weighted by molar-refractivity contribution is -0.176. The second kappa shape index (κ2) is 5.44. The second-order valence-electron chi connectivity index (χ2n) is 2.98. The van der Waals surface area contributed by atoms with Crippen LogP contribution in [0.2, 0.25) is 0 Å². The molecule has 86 valence electrons. The number of rotatable bonds is 4. The number of nitrogens with zero attached hydrogens (tertiary/aromatic N) is 1. The van der Waals surface area contributed by atoms with E-state index in [1.807, 2.05) is 0 Å². The average Bonchev–Trinajstić information content (AvgIpc) is 2.19. The van der Waals surface area contributed by atoms with Crippen molar-refractivity contribution in [2.45, 2.75) is 12.8 Å². The van der Waals surface area contributed by atoms with Crippen molar-refractivity contribution in [3.05, 3.63) is 29.8 Å². The molecule has 0 saturated heterocycles. The predicted octanol–water partition coefficient (Wildman–Crippen LogP) is 2.73. The number of carbonyl (C=O) groups excluding carboxylic acids is 1. The van der Waals surface area contributed by atoms with Crippen LogP contribution in [0.3, 0.4) is 0 Å². The summed E-state index contributed by atoms with van der Waals surface area (Å²) in [5.74, 6) is 0. The Bertz CT molecular complexity index is 380. The number of isocyanates is 1. The van der Waals surface area contributed by atoms with Crippen molar-refractivity contribution in [1.29, 1.82) is 0 Å². The van der Waals surface area contributed by atoms with Gasteiger partial charge in [0.15, 0.2) is 0 Å². The fourth-order valence-corrected chi connectivity index (χ4v) is 1.00. The lowest BCUT2D eigenvalue weighted by Crippen LogP contribution is -2.16. The third-order valence-electron chi connectivity index (χ3n) is 1.65. The highest BCUT2D eigenvalue weighted by molar-refractivity contribution is 5.48. The molecule has 16 heavy (non-hydrogen) atoms. The number of hydrogen-bond acceptors (Lipinski definition) is 3. The highest BCUT2D eigenvalue weighted by Crippen LogP contribution is 2.17. The molecule has 0 aliphatic carbocycles. The van der Waals surface area contributed by atoms with Gasteiger partial charge in [0, 0.05) is 0 Å². The molecule has 0 unspecified atom stereocenters. The maximum atomic E-state index is 11.7. The molecule has 0 bridgehead atoms. The standard InChI is InChI=1S/C10H8F3NO2/c11-10(12,13)6-16-5-8-1-3-9(4-2-8)14-7-15/h1-4H,5-6H2. The van der Waals surface area contributed by atoms with E-state index < -0.39 is 12.8 Å². The van der Waals surface area contributed by atoms with E-state index in [-0.39, 0.29) is 6.61 Å². The Labute approximate surface area is 89.6 Å². The molecule has 0 spiro atoms. The molecule has 0 heterocycles. The Hall–Kier alpha value is -1.65. The molecule has 1 rings (SSSR count). The lowest BCUT2D eigenvalue weighted by Gasteiger charge is -2.07. The lowest BCUT2D eigenvalue weighted by atomic mass is 10.2. The van der Waals surface area contributed by atoms with E-state index >= 15 is 0 Å². The predicted molar refractivity (Wildman–Crippen MR) is 49.9 cm³/mol. The van der Waals surface area contributed by atoms with Gasteiger partial charge in [0.25, 0.3) is 0 Å². The van der Waals surface area contributed by atoms with E-state index in [0.717, 1.165) is 0 Å². The van der Waals surface area contributed by atoms with E-state index in [1.54, 1.807) is 0 Å². The van der Waals surface area contributed by atoms with Crippen LogP contribution >= 0.6 is 0 Å². The molecule has 1 aromatic carbocycles. The fraction of sp³-hybridized carbons (Fsp3) is 0.300. The maximum absolute atomic E-state index is 11.7. The molecule has 3 nitrogen and oxygen atoms in total. The Balaban J connectivity index is 2.46. The van der Waals surface area contributed by atoms with Gasteiger partial charge in [-0.1, -0.05) is 12.1 Å². The van der Waals surface area contributed by atoms with Crippen molar-refractivity contribution in [3.8, 4) is 0 Å². The normalized spacial score (nSPS) is 10.9. The van der Waals surface area contributed by atoms with Crippen molar-refractivity contribution in [2.75, 3.05) is 6.61 Å². The van der Waals surface area contributed by atoms with E-state index in [2.05, 4.69) is 9.73 Å². The van der Waals surface area contributed by atoms with Gasteiger partial charge >= 0.3 is 6.18 Å². The molecule has 0 aliphatic rings. The minimum absolute atomic E-state index is 0.134. The summed E-state index contributed by atoms with van der Waals surface area (Å²) >= 11 is 0. The quantitative estimate of drug-likeness (QED) is 0.590. The summed E-state index contributed by atoms with van der Waals surface area (Å²) < 4.78 is 39.7. The van der Waals surface area contributed by atoms with Crippen LogP contribution in [0, 0.1) is 0 Å². The molecular formula is C10H8F3NO2. The summed E-state index contributed by atoms with van der Waals surface area (Å²) in [4.78, 5) is 13.2. The van der Waals surface area contributed by atoms with Gasteiger partial charge in [0.05, 0.1) is 12.3 Å². The van der Waals surface area contributed by atoms with E-state index in [0.29, 0.717) is 11.3 Å². The van der Waals surface area contributed by atoms with Crippen molar-refractivity contribution in [1.82, 2.24) is 0 Å². The number of benzene rings is 1. The fourth-order valence-electron chi connectivity index (χ4n) is 1.00. The van der Waals surface area contributed by atoms with Crippen LogP contribution in [-0.4, -0.2) is 18.9 Å². The van der Waals surface area contributed by atoms with Crippen LogP contribution in [0.25, 0.3) is 0 Å². The number of alkyl halides is 3. The van der Waals surface area contributed by atoms with E-state index in [9.17, 15) is 18.0 Å². The highest BCUT2D eigenvalue weighted by atomic mass is 19.4. The summed E-state index contributed by atoms with van der Waals surface area (Å²) in [6.45, 7) is -1.41. The molecule has 0 fully saturated rings. The number of halogens is 3. The minimum atomic E-state index is -4.32. The molecule has 0 amide bonds. The summed E-state index contributed by atoms with van der Waals surface area (Å²) in [6.07, 6.45) is -2.96. The number of hydrogen-bond donors (Lipinski definition) is 0. The van der Waals surface area contributed by atoms with Crippen LogP contribution < -0.4 is 0 Å². The van der Waals surface area contributed by atoms with Gasteiger partial charge in [-0.05, 0) is 17.7 Å². The van der Waals surface area contributed by atoms with Gasteiger partial charge < -0.3 is 4.74 Å². The largest absolute Gasteiger partial charge is 0.411 e. The molecule has 0 aromatic heterocycles. The summed E-state index contributed by atoms with van der Waals surface area (Å²) in [5.41, 5.74) is 0.976. The third-order valence-corrected chi connectivity index (χ3v) is 1.65. The third kappa shape index (κ3) is 4.72. The molecular weight excluding hydrogens is 223 g/mol. The molecule has 0 N–H and O–H groups in total. The topological polar surface area (TPSA) is 38.7 Å². The van der Waals surface area contributed by atoms with Crippen LogP contribution in [-0.2, 0) is 16.1 Å². The monoisotopic (exact) mass is 231 g/mol. The zero-order chi connectivity index (χ0) is 12.0. The number of aliphatic imine (C=N–C) groups is 1. The van der Waals surface area contributed by atoms with E-state index in [4.69, 9.17) is 0 Å². The van der Waals surface area contributed by atoms with Crippen molar-refractivity contribution in [3.63, 3.8) is 0 Å². The van der Waals surface area contributed by atoms with Crippen molar-refractivity contribution in [2.24, 2.45) is 4.99 Å². The van der Waals surface area contributed by atoms with Gasteiger partial charge in [0.2, 0.25) is 6.08 Å². The molecule has 0 saturated carbocycles. The van der Waals surface area contributed by atoms with Gasteiger partial charge in [-0.3, -0.25) is 0 Å². The smallest absolute Gasteiger partial charge is 0.367 e. The zero-order valence-electron chi connectivity index (χ0n) is 8.12. The maximum Gasteiger partial charge on any atom is 0.411 e. The Morgan fingerprint density at radius 2 is 1.88 bits per heavy atom. The van der Waals surface area contributed by atoms with Gasteiger partial charge in [-0.15, -0.1) is 0 Å². The summed E-state index contributed by atoms with van der Waals surface area (Å²) in [7, 11) is 0. The first-order valence-electron chi connectivity index (χ1n) is 4.32. The van der Waals surface area contributed by atoms with Crippen LogP contribution in [0.5, 0.6) is 0 Å². The highest BCUT2D eigenvalue weighted by Gasteiger charge is 2.27.